The number of rotatable bonds is 7. The Morgan fingerprint density at radius 3 is 2.76 bits per heavy atom. The van der Waals surface area contributed by atoms with Gasteiger partial charge >= 0.3 is 0 Å². The Kier molecular flexibility index (Phi) is 5.87. The molecule has 0 aromatic heterocycles. The monoisotopic (exact) mass is 356 g/mol. The molecule has 0 unspecified atom stereocenters. The lowest BCUT2D eigenvalue weighted by molar-refractivity contribution is -0.121. The van der Waals surface area contributed by atoms with Gasteiger partial charge in [0.25, 0.3) is 0 Å². The summed E-state index contributed by atoms with van der Waals surface area (Å²) in [5.41, 5.74) is 1.09. The van der Waals surface area contributed by atoms with Crippen LogP contribution in [0, 0.1) is 5.92 Å². The second-order valence-electron chi connectivity index (χ2n) is 5.42. The first-order chi connectivity index (χ1) is 10.1. The molecule has 0 fully saturated rings. The summed E-state index contributed by atoms with van der Waals surface area (Å²) in [6.07, 6.45) is 0.481. The van der Waals surface area contributed by atoms with Gasteiger partial charge in [0.1, 0.15) is 0 Å². The van der Waals surface area contributed by atoms with Gasteiger partial charge in [0.15, 0.2) is 11.5 Å². The Hall–Kier alpha value is -1.27. The number of hydrogen-bond acceptors (Lipinski definition) is 4. The number of fused-ring (bicyclic) bond motifs is 1. The average molecular weight is 357 g/mol. The molecule has 0 saturated heterocycles. The van der Waals surface area contributed by atoms with Crippen molar-refractivity contribution in [3.63, 3.8) is 0 Å². The Balaban J connectivity index is 1.73. The van der Waals surface area contributed by atoms with Gasteiger partial charge in [-0.1, -0.05) is 29.8 Å². The first kappa shape index (κ1) is 16.1. The summed E-state index contributed by atoms with van der Waals surface area (Å²) in [4.78, 5) is 11.6. The number of carbonyl (C=O) groups excluding carboxylic acids is 1. The lowest BCUT2D eigenvalue weighted by atomic mass is 10.2. The van der Waals surface area contributed by atoms with Gasteiger partial charge < -0.3 is 20.1 Å². The van der Waals surface area contributed by atoms with E-state index in [2.05, 4.69) is 40.4 Å². The van der Waals surface area contributed by atoms with Crippen LogP contribution in [-0.2, 0) is 11.3 Å². The maximum atomic E-state index is 11.6. The van der Waals surface area contributed by atoms with Gasteiger partial charge in [-0.25, -0.2) is 0 Å². The van der Waals surface area contributed by atoms with Crippen LogP contribution in [0.3, 0.4) is 0 Å². The van der Waals surface area contributed by atoms with E-state index in [4.69, 9.17) is 9.47 Å². The smallest absolute Gasteiger partial charge is 0.231 e. The molecule has 6 heteroatoms. The molecule has 0 aliphatic carbocycles. The highest BCUT2D eigenvalue weighted by Crippen LogP contribution is 2.36. The van der Waals surface area contributed by atoms with Crippen LogP contribution >= 0.6 is 15.9 Å². The number of halogens is 1. The fourth-order valence-corrected chi connectivity index (χ4v) is 2.39. The molecular formula is C15H21BrN2O3. The van der Waals surface area contributed by atoms with E-state index in [-0.39, 0.29) is 12.7 Å². The fourth-order valence-electron chi connectivity index (χ4n) is 1.93. The van der Waals surface area contributed by atoms with Crippen molar-refractivity contribution in [2.75, 3.05) is 19.9 Å². The molecule has 116 valence electrons. The van der Waals surface area contributed by atoms with Crippen LogP contribution in [0.2, 0.25) is 0 Å². The number of carbonyl (C=O) groups is 1. The SMILES string of the molecule is CC(C)CNC(=O)CCNCc1cc2c(cc1Br)OCO2. The summed E-state index contributed by atoms with van der Waals surface area (Å²) < 4.78 is 11.6. The van der Waals surface area contributed by atoms with E-state index in [0.29, 0.717) is 25.4 Å². The molecule has 1 aliphatic heterocycles. The second kappa shape index (κ2) is 7.66. The molecule has 2 rings (SSSR count). The lowest BCUT2D eigenvalue weighted by Gasteiger charge is -2.09. The highest BCUT2D eigenvalue weighted by atomic mass is 79.9. The standard InChI is InChI=1S/C15H21BrN2O3/c1-10(2)7-18-15(19)3-4-17-8-11-5-13-14(6-12(11)16)21-9-20-13/h5-6,10,17H,3-4,7-9H2,1-2H3,(H,18,19). The Labute approximate surface area is 133 Å². The summed E-state index contributed by atoms with van der Waals surface area (Å²) >= 11 is 3.52. The van der Waals surface area contributed by atoms with Crippen LogP contribution < -0.4 is 20.1 Å². The van der Waals surface area contributed by atoms with Crippen molar-refractivity contribution in [3.8, 4) is 11.5 Å². The van der Waals surface area contributed by atoms with Gasteiger partial charge in [0, 0.05) is 30.5 Å². The summed E-state index contributed by atoms with van der Waals surface area (Å²) in [6.45, 7) is 6.48. The van der Waals surface area contributed by atoms with E-state index < -0.39 is 0 Å². The van der Waals surface area contributed by atoms with Gasteiger partial charge in [-0.15, -0.1) is 0 Å². The molecule has 2 N–H and O–H groups in total. The van der Waals surface area contributed by atoms with Crippen molar-refractivity contribution in [2.45, 2.75) is 26.8 Å². The summed E-state index contributed by atoms with van der Waals surface area (Å²) in [7, 11) is 0. The Morgan fingerprint density at radius 1 is 1.33 bits per heavy atom. The van der Waals surface area contributed by atoms with Crippen molar-refractivity contribution in [2.24, 2.45) is 5.92 Å². The molecule has 1 amide bonds. The third-order valence-corrected chi connectivity index (χ3v) is 3.83. The van der Waals surface area contributed by atoms with Crippen LogP contribution in [0.25, 0.3) is 0 Å². The molecular weight excluding hydrogens is 336 g/mol. The zero-order valence-corrected chi connectivity index (χ0v) is 14.0. The van der Waals surface area contributed by atoms with E-state index in [0.717, 1.165) is 28.1 Å². The maximum absolute atomic E-state index is 11.6. The Bertz CT molecular complexity index is 506. The van der Waals surface area contributed by atoms with Crippen molar-refractivity contribution in [1.29, 1.82) is 0 Å². The van der Waals surface area contributed by atoms with Crippen molar-refractivity contribution < 1.29 is 14.3 Å². The van der Waals surface area contributed by atoms with E-state index in [1.807, 2.05) is 12.1 Å². The number of amides is 1. The average Bonchev–Trinajstić information content (AvgIpc) is 2.88. The predicted molar refractivity (Wildman–Crippen MR) is 84.4 cm³/mol. The normalized spacial score (nSPS) is 12.8. The second-order valence-corrected chi connectivity index (χ2v) is 6.28. The zero-order valence-electron chi connectivity index (χ0n) is 12.4. The van der Waals surface area contributed by atoms with Gasteiger partial charge in [-0.05, 0) is 23.6 Å². The minimum atomic E-state index is 0.0842. The van der Waals surface area contributed by atoms with Crippen LogP contribution in [-0.4, -0.2) is 25.8 Å². The van der Waals surface area contributed by atoms with E-state index in [9.17, 15) is 4.79 Å². The van der Waals surface area contributed by atoms with Gasteiger partial charge in [0.05, 0.1) is 0 Å². The van der Waals surface area contributed by atoms with Crippen LogP contribution in [0.15, 0.2) is 16.6 Å². The van der Waals surface area contributed by atoms with Crippen molar-refractivity contribution in [3.05, 3.63) is 22.2 Å². The number of benzene rings is 1. The first-order valence-electron chi connectivity index (χ1n) is 7.11. The molecule has 1 aromatic carbocycles. The third kappa shape index (κ3) is 4.89. The minimum absolute atomic E-state index is 0.0842. The molecule has 1 heterocycles. The Morgan fingerprint density at radius 2 is 2.05 bits per heavy atom. The van der Waals surface area contributed by atoms with E-state index in [1.165, 1.54) is 0 Å². The van der Waals surface area contributed by atoms with Crippen molar-refractivity contribution >= 4 is 21.8 Å². The van der Waals surface area contributed by atoms with Gasteiger partial charge in [-0.3, -0.25) is 4.79 Å². The van der Waals surface area contributed by atoms with Crippen LogP contribution in [0.5, 0.6) is 11.5 Å². The van der Waals surface area contributed by atoms with E-state index in [1.54, 1.807) is 0 Å². The lowest BCUT2D eigenvalue weighted by Crippen LogP contribution is -2.30. The molecule has 0 saturated carbocycles. The molecule has 0 atom stereocenters. The summed E-state index contributed by atoms with van der Waals surface area (Å²) in [5, 5.41) is 6.17. The topological polar surface area (TPSA) is 59.6 Å². The van der Waals surface area contributed by atoms with Crippen molar-refractivity contribution in [1.82, 2.24) is 10.6 Å². The summed E-state index contributed by atoms with van der Waals surface area (Å²) in [6, 6.07) is 3.87. The molecule has 1 aromatic rings. The first-order valence-corrected chi connectivity index (χ1v) is 7.91. The van der Waals surface area contributed by atoms with Crippen LogP contribution in [0.1, 0.15) is 25.8 Å². The molecule has 0 spiro atoms. The van der Waals surface area contributed by atoms with Gasteiger partial charge in [0.2, 0.25) is 12.7 Å². The predicted octanol–water partition coefficient (Wildman–Crippen LogP) is 2.43. The van der Waals surface area contributed by atoms with Crippen LogP contribution in [0.4, 0.5) is 0 Å². The fraction of sp³-hybridized carbons (Fsp3) is 0.533. The highest BCUT2D eigenvalue weighted by Gasteiger charge is 2.16. The molecule has 1 aliphatic rings. The zero-order chi connectivity index (χ0) is 15.2. The van der Waals surface area contributed by atoms with Gasteiger partial charge in [-0.2, -0.15) is 0 Å². The molecule has 0 radical (unpaired) electrons. The maximum Gasteiger partial charge on any atom is 0.231 e. The quantitative estimate of drug-likeness (QED) is 0.736. The number of hydrogen-bond donors (Lipinski definition) is 2. The van der Waals surface area contributed by atoms with E-state index >= 15 is 0 Å². The minimum Gasteiger partial charge on any atom is -0.454 e. The number of ether oxygens (including phenoxy) is 2. The summed E-state index contributed by atoms with van der Waals surface area (Å²) in [5.74, 6) is 2.09. The molecule has 5 nitrogen and oxygen atoms in total. The highest BCUT2D eigenvalue weighted by molar-refractivity contribution is 9.10. The molecule has 0 bridgehead atoms. The molecule has 21 heavy (non-hydrogen) atoms. The third-order valence-electron chi connectivity index (χ3n) is 3.09. The number of nitrogens with one attached hydrogen (secondary N) is 2. The largest absolute Gasteiger partial charge is 0.454 e.